The first-order valence-corrected chi connectivity index (χ1v) is 3.98. The zero-order valence-electron chi connectivity index (χ0n) is 6.23. The highest BCUT2D eigenvalue weighted by Gasteiger charge is 2.23. The molecule has 11 heavy (non-hydrogen) atoms. The molecule has 0 saturated carbocycles. The van der Waals surface area contributed by atoms with Gasteiger partial charge in [-0.3, -0.25) is 8.98 Å². The molecule has 0 heterocycles. The summed E-state index contributed by atoms with van der Waals surface area (Å²) in [6.45, 7) is 2.79. The summed E-state index contributed by atoms with van der Waals surface area (Å²) < 4.78 is 24.4. The first kappa shape index (κ1) is 10.4. The molecule has 0 bridgehead atoms. The molecule has 0 aromatic carbocycles. The van der Waals surface area contributed by atoms with E-state index in [4.69, 9.17) is 5.11 Å². The molecule has 0 saturated heterocycles. The van der Waals surface area contributed by atoms with Gasteiger partial charge in [0.2, 0.25) is 0 Å². The van der Waals surface area contributed by atoms with Crippen LogP contribution >= 0.6 is 0 Å². The molecule has 0 fully saturated rings. The highest BCUT2D eigenvalue weighted by atomic mass is 32.2. The van der Waals surface area contributed by atoms with E-state index in [-0.39, 0.29) is 6.42 Å². The van der Waals surface area contributed by atoms with Crippen LogP contribution < -0.4 is 0 Å². The summed E-state index contributed by atoms with van der Waals surface area (Å²) in [7, 11) is -2.98. The minimum Gasteiger partial charge on any atom is -0.481 e. The molecule has 5 nitrogen and oxygen atoms in total. The second-order valence-corrected chi connectivity index (χ2v) is 3.27. The fourth-order valence-corrected chi connectivity index (χ4v) is 1.07. The average molecular weight is 182 g/mol. The molecule has 0 atom stereocenters. The largest absolute Gasteiger partial charge is 0.481 e. The molecule has 1 N–H and O–H groups in total. The third-order valence-corrected chi connectivity index (χ3v) is 1.54. The third kappa shape index (κ3) is 5.81. The van der Waals surface area contributed by atoms with Crippen molar-refractivity contribution in [1.82, 2.24) is 0 Å². The van der Waals surface area contributed by atoms with Gasteiger partial charge in [-0.1, -0.05) is 0 Å². The maximum absolute atomic E-state index is 10.1. The monoisotopic (exact) mass is 182 g/mol. The molecular weight excluding hydrogens is 172 g/mol. The van der Waals surface area contributed by atoms with Crippen molar-refractivity contribution in [3.05, 3.63) is 0 Å². The van der Waals surface area contributed by atoms with Crippen molar-refractivity contribution in [2.75, 3.05) is 0 Å². The molecule has 0 radical (unpaired) electrons. The van der Waals surface area contributed by atoms with Crippen LogP contribution in [-0.4, -0.2) is 25.1 Å². The van der Waals surface area contributed by atoms with Gasteiger partial charge in [-0.05, 0) is 13.8 Å². The lowest BCUT2D eigenvalue weighted by atomic mass is 10.1. The predicted molar refractivity (Wildman–Crippen MR) is 37.7 cm³/mol. The summed E-state index contributed by atoms with van der Waals surface area (Å²) in [5.41, 5.74) is -1.15. The van der Waals surface area contributed by atoms with Crippen LogP contribution in [0.5, 0.6) is 0 Å². The second kappa shape index (κ2) is 3.68. The molecule has 0 aliphatic rings. The highest BCUT2D eigenvalue weighted by Crippen LogP contribution is 2.13. The molecule has 66 valence electrons. The van der Waals surface area contributed by atoms with E-state index in [9.17, 15) is 13.2 Å². The molecule has 0 aromatic heterocycles. The van der Waals surface area contributed by atoms with Crippen molar-refractivity contribution in [3.8, 4) is 0 Å². The van der Waals surface area contributed by atoms with Crippen LogP contribution in [-0.2, 0) is 20.0 Å². The van der Waals surface area contributed by atoms with Crippen molar-refractivity contribution in [3.63, 3.8) is 0 Å². The zero-order chi connectivity index (χ0) is 9.07. The van der Waals surface area contributed by atoms with Gasteiger partial charge < -0.3 is 5.11 Å². The predicted octanol–water partition coefficient (Wildman–Crippen LogP) is -0.217. The van der Waals surface area contributed by atoms with Crippen molar-refractivity contribution in [2.24, 2.45) is 0 Å². The van der Waals surface area contributed by atoms with E-state index < -0.39 is 22.6 Å². The van der Waals surface area contributed by atoms with Crippen LogP contribution in [0.4, 0.5) is 0 Å². The Kier molecular flexibility index (Phi) is 3.47. The standard InChI is InChI=1S/C5H10O5S/c1-5(2,3-4(6)7)10-11(8)9/h11H,3H2,1-2H3,(H,6,7). The van der Waals surface area contributed by atoms with Crippen LogP contribution in [0.2, 0.25) is 0 Å². The smallest absolute Gasteiger partial charge is 0.306 e. The Morgan fingerprint density at radius 1 is 1.55 bits per heavy atom. The van der Waals surface area contributed by atoms with Crippen LogP contribution in [0.15, 0.2) is 0 Å². The normalized spacial score (nSPS) is 11.9. The number of hydrogen-bond donors (Lipinski definition) is 2. The summed E-state index contributed by atoms with van der Waals surface area (Å²) in [6.07, 6.45) is -0.337. The number of carboxylic acids is 1. The number of thiol groups is 1. The van der Waals surface area contributed by atoms with E-state index in [0.717, 1.165) is 0 Å². The Labute approximate surface area is 66.1 Å². The number of carbonyl (C=O) groups is 1. The maximum atomic E-state index is 10.1. The third-order valence-electron chi connectivity index (χ3n) is 0.899. The summed E-state index contributed by atoms with van der Waals surface area (Å²) in [4.78, 5) is 10.1. The highest BCUT2D eigenvalue weighted by molar-refractivity contribution is 7.67. The van der Waals surface area contributed by atoms with E-state index in [1.165, 1.54) is 13.8 Å². The van der Waals surface area contributed by atoms with Crippen LogP contribution in [0.1, 0.15) is 20.3 Å². The first-order chi connectivity index (χ1) is 4.83. The van der Waals surface area contributed by atoms with E-state index in [0.29, 0.717) is 0 Å². The fourth-order valence-electron chi connectivity index (χ4n) is 0.598. The Bertz CT molecular complexity index is 209. The van der Waals surface area contributed by atoms with Gasteiger partial charge in [-0.15, -0.1) is 0 Å². The van der Waals surface area contributed by atoms with Crippen molar-refractivity contribution in [1.29, 1.82) is 0 Å². The first-order valence-electron chi connectivity index (χ1n) is 2.89. The Morgan fingerprint density at radius 2 is 2.00 bits per heavy atom. The van der Waals surface area contributed by atoms with Gasteiger partial charge in [0.1, 0.15) is 0 Å². The SMILES string of the molecule is CC(C)(CC(=O)O)O[SH](=O)=O. The second-order valence-electron chi connectivity index (χ2n) is 2.65. The molecule has 0 rings (SSSR count). The number of hydrogen-bond acceptors (Lipinski definition) is 4. The topological polar surface area (TPSA) is 80.7 Å². The van der Waals surface area contributed by atoms with Gasteiger partial charge in [-0.2, -0.15) is 0 Å². The lowest BCUT2D eigenvalue weighted by Gasteiger charge is -2.17. The molecule has 0 aliphatic heterocycles. The molecule has 0 aliphatic carbocycles. The summed E-state index contributed by atoms with van der Waals surface area (Å²) in [6, 6.07) is 0. The lowest BCUT2D eigenvalue weighted by Crippen LogP contribution is -2.27. The van der Waals surface area contributed by atoms with Gasteiger partial charge in [0.25, 0.3) is 11.0 Å². The minimum atomic E-state index is -2.98. The minimum absolute atomic E-state index is 0.337. The van der Waals surface area contributed by atoms with Crippen LogP contribution in [0.25, 0.3) is 0 Å². The molecular formula is C5H10O5S. The molecule has 0 unspecified atom stereocenters. The number of rotatable bonds is 4. The maximum Gasteiger partial charge on any atom is 0.306 e. The van der Waals surface area contributed by atoms with Crippen molar-refractivity contribution < 1.29 is 22.5 Å². The van der Waals surface area contributed by atoms with E-state index in [2.05, 4.69) is 4.18 Å². The Morgan fingerprint density at radius 3 is 2.27 bits per heavy atom. The van der Waals surface area contributed by atoms with Gasteiger partial charge in [0.15, 0.2) is 0 Å². The lowest BCUT2D eigenvalue weighted by molar-refractivity contribution is -0.140. The Hall–Kier alpha value is -0.620. The average Bonchev–Trinajstić information content (AvgIpc) is 1.53. The van der Waals surface area contributed by atoms with Gasteiger partial charge in [0, 0.05) is 0 Å². The Balaban J connectivity index is 4.10. The van der Waals surface area contributed by atoms with E-state index >= 15 is 0 Å². The number of carboxylic acid groups (broad SMARTS) is 1. The molecule has 0 aromatic rings. The van der Waals surface area contributed by atoms with Crippen molar-refractivity contribution in [2.45, 2.75) is 25.9 Å². The summed E-state index contributed by atoms with van der Waals surface area (Å²) in [5, 5.41) is 8.29. The molecule has 0 amide bonds. The van der Waals surface area contributed by atoms with Crippen LogP contribution in [0, 0.1) is 0 Å². The van der Waals surface area contributed by atoms with E-state index in [1.807, 2.05) is 0 Å². The summed E-state index contributed by atoms with van der Waals surface area (Å²) >= 11 is 0. The van der Waals surface area contributed by atoms with Gasteiger partial charge in [-0.25, -0.2) is 8.42 Å². The van der Waals surface area contributed by atoms with Crippen LogP contribution in [0.3, 0.4) is 0 Å². The van der Waals surface area contributed by atoms with Gasteiger partial charge >= 0.3 is 5.97 Å². The van der Waals surface area contributed by atoms with Crippen molar-refractivity contribution >= 4 is 17.0 Å². The number of aliphatic carboxylic acids is 1. The zero-order valence-corrected chi connectivity index (χ0v) is 7.13. The molecule has 0 spiro atoms. The van der Waals surface area contributed by atoms with E-state index in [1.54, 1.807) is 0 Å². The quantitative estimate of drug-likeness (QED) is 0.587. The summed E-state index contributed by atoms with van der Waals surface area (Å²) in [5.74, 6) is -1.09. The van der Waals surface area contributed by atoms with Gasteiger partial charge in [0.05, 0.1) is 12.0 Å². The fraction of sp³-hybridized carbons (Fsp3) is 0.800. The molecule has 6 heteroatoms.